The first-order valence-electron chi connectivity index (χ1n) is 3.93. The fraction of sp³-hybridized carbons (Fsp3) is 0.333. The van der Waals surface area contributed by atoms with E-state index in [0.717, 1.165) is 10.9 Å². The Morgan fingerprint density at radius 1 is 1.50 bits per heavy atom. The summed E-state index contributed by atoms with van der Waals surface area (Å²) < 4.78 is 1.15. The van der Waals surface area contributed by atoms with Crippen molar-refractivity contribution in [1.82, 2.24) is 5.43 Å². The second kappa shape index (κ2) is 4.60. The zero-order chi connectivity index (χ0) is 8.97. The highest BCUT2D eigenvalue weighted by atomic mass is 79.9. The molecule has 66 valence electrons. The summed E-state index contributed by atoms with van der Waals surface area (Å²) in [5.41, 5.74) is 4.00. The van der Waals surface area contributed by atoms with Gasteiger partial charge in [-0.2, -0.15) is 0 Å². The number of nitrogens with two attached hydrogens (primary N) is 1. The predicted octanol–water partition coefficient (Wildman–Crippen LogP) is 1.84. The Bertz CT molecular complexity index is 250. The van der Waals surface area contributed by atoms with Crippen LogP contribution in [-0.4, -0.2) is 6.04 Å². The molecule has 0 aromatic heterocycles. The highest BCUT2D eigenvalue weighted by Crippen LogP contribution is 2.16. The van der Waals surface area contributed by atoms with Gasteiger partial charge < -0.3 is 0 Å². The molecule has 0 bridgehead atoms. The molecule has 12 heavy (non-hydrogen) atoms. The van der Waals surface area contributed by atoms with Crippen molar-refractivity contribution in [3.05, 3.63) is 34.3 Å². The minimum atomic E-state index is 0.309. The van der Waals surface area contributed by atoms with E-state index in [9.17, 15) is 0 Å². The number of benzene rings is 1. The average molecular weight is 229 g/mol. The fourth-order valence-corrected chi connectivity index (χ4v) is 1.50. The zero-order valence-electron chi connectivity index (χ0n) is 7.05. The predicted molar refractivity (Wildman–Crippen MR) is 54.6 cm³/mol. The monoisotopic (exact) mass is 228 g/mol. The molecule has 0 radical (unpaired) electrons. The Hall–Kier alpha value is -0.380. The molecular formula is C9H13BrN2. The molecule has 3 N–H and O–H groups in total. The summed E-state index contributed by atoms with van der Waals surface area (Å²) in [6.45, 7) is 2.06. The van der Waals surface area contributed by atoms with E-state index in [4.69, 9.17) is 5.84 Å². The van der Waals surface area contributed by atoms with Crippen LogP contribution in [0.1, 0.15) is 12.5 Å². The highest BCUT2D eigenvalue weighted by Gasteiger charge is 2.02. The molecule has 0 unspecified atom stereocenters. The van der Waals surface area contributed by atoms with Crippen LogP contribution in [-0.2, 0) is 6.42 Å². The van der Waals surface area contributed by atoms with Crippen LogP contribution in [0.15, 0.2) is 28.7 Å². The Kier molecular flexibility index (Phi) is 3.72. The van der Waals surface area contributed by atoms with Gasteiger partial charge in [-0.15, -0.1) is 0 Å². The molecule has 1 atom stereocenters. The topological polar surface area (TPSA) is 38.0 Å². The van der Waals surface area contributed by atoms with Crippen molar-refractivity contribution in [3.63, 3.8) is 0 Å². The summed E-state index contributed by atoms with van der Waals surface area (Å²) in [4.78, 5) is 0. The number of nitrogens with one attached hydrogen (secondary N) is 1. The van der Waals surface area contributed by atoms with E-state index in [1.54, 1.807) is 0 Å². The van der Waals surface area contributed by atoms with Crippen molar-refractivity contribution < 1.29 is 0 Å². The van der Waals surface area contributed by atoms with Crippen LogP contribution in [0.4, 0.5) is 0 Å². The second-order valence-corrected chi connectivity index (χ2v) is 3.72. The molecule has 1 aromatic rings. The average Bonchev–Trinajstić information content (AvgIpc) is 2.09. The van der Waals surface area contributed by atoms with E-state index in [1.807, 2.05) is 18.2 Å². The van der Waals surface area contributed by atoms with Crippen LogP contribution in [0.5, 0.6) is 0 Å². The van der Waals surface area contributed by atoms with Gasteiger partial charge >= 0.3 is 0 Å². The van der Waals surface area contributed by atoms with E-state index < -0.39 is 0 Å². The molecule has 0 amide bonds. The van der Waals surface area contributed by atoms with Crippen molar-refractivity contribution >= 4 is 15.9 Å². The number of halogens is 1. The maximum Gasteiger partial charge on any atom is 0.0223 e. The normalized spacial score (nSPS) is 12.9. The van der Waals surface area contributed by atoms with Gasteiger partial charge in [-0.25, -0.2) is 0 Å². The first-order valence-corrected chi connectivity index (χ1v) is 4.73. The Morgan fingerprint density at radius 2 is 2.17 bits per heavy atom. The lowest BCUT2D eigenvalue weighted by Gasteiger charge is -2.10. The van der Waals surface area contributed by atoms with Crippen molar-refractivity contribution in [2.45, 2.75) is 19.4 Å². The van der Waals surface area contributed by atoms with Crippen LogP contribution in [0.2, 0.25) is 0 Å². The lowest BCUT2D eigenvalue weighted by Crippen LogP contribution is -2.34. The smallest absolute Gasteiger partial charge is 0.0223 e. The molecule has 0 aliphatic carbocycles. The van der Waals surface area contributed by atoms with Crippen LogP contribution < -0.4 is 11.3 Å². The molecule has 0 aliphatic rings. The van der Waals surface area contributed by atoms with Gasteiger partial charge in [0.25, 0.3) is 0 Å². The Labute approximate surface area is 81.3 Å². The van der Waals surface area contributed by atoms with Gasteiger partial charge in [0.2, 0.25) is 0 Å². The third-order valence-electron chi connectivity index (χ3n) is 1.77. The molecule has 0 saturated carbocycles. The minimum Gasteiger partial charge on any atom is -0.271 e. The summed E-state index contributed by atoms with van der Waals surface area (Å²) in [6, 6.07) is 8.48. The molecule has 3 heteroatoms. The molecule has 0 spiro atoms. The highest BCUT2D eigenvalue weighted by molar-refractivity contribution is 9.10. The maximum atomic E-state index is 5.30. The molecule has 0 saturated heterocycles. The summed E-state index contributed by atoms with van der Waals surface area (Å²) in [7, 11) is 0. The van der Waals surface area contributed by atoms with Crippen LogP contribution in [0.25, 0.3) is 0 Å². The van der Waals surface area contributed by atoms with Gasteiger partial charge in [-0.05, 0) is 25.0 Å². The van der Waals surface area contributed by atoms with Crippen molar-refractivity contribution in [3.8, 4) is 0 Å². The molecule has 1 rings (SSSR count). The molecule has 0 heterocycles. The molecule has 0 aliphatic heterocycles. The number of hydrogen-bond donors (Lipinski definition) is 2. The second-order valence-electron chi connectivity index (χ2n) is 2.86. The number of hydrogen-bond acceptors (Lipinski definition) is 2. The number of rotatable bonds is 3. The lowest BCUT2D eigenvalue weighted by molar-refractivity contribution is 0.567. The largest absolute Gasteiger partial charge is 0.271 e. The quantitative estimate of drug-likeness (QED) is 0.613. The SMILES string of the molecule is C[C@@H](Cc1ccccc1Br)NN. The standard InChI is InChI=1S/C9H13BrN2/c1-7(12-11)6-8-4-2-3-5-9(8)10/h2-5,7,12H,6,11H2,1H3/t7-/m0/s1. The number of hydrazine groups is 1. The van der Waals surface area contributed by atoms with Gasteiger partial charge in [-0.3, -0.25) is 11.3 Å². The van der Waals surface area contributed by atoms with Crippen LogP contribution >= 0.6 is 15.9 Å². The van der Waals surface area contributed by atoms with Crippen LogP contribution in [0, 0.1) is 0 Å². The van der Waals surface area contributed by atoms with E-state index in [-0.39, 0.29) is 0 Å². The Morgan fingerprint density at radius 3 is 2.75 bits per heavy atom. The van der Waals surface area contributed by atoms with Gasteiger partial charge in [0.05, 0.1) is 0 Å². The van der Waals surface area contributed by atoms with Crippen molar-refractivity contribution in [1.29, 1.82) is 0 Å². The third kappa shape index (κ3) is 2.59. The fourth-order valence-electron chi connectivity index (χ4n) is 1.05. The molecular weight excluding hydrogens is 216 g/mol. The van der Waals surface area contributed by atoms with E-state index in [2.05, 4.69) is 34.3 Å². The lowest BCUT2D eigenvalue weighted by atomic mass is 10.1. The van der Waals surface area contributed by atoms with Gasteiger partial charge in [0.15, 0.2) is 0 Å². The van der Waals surface area contributed by atoms with E-state index >= 15 is 0 Å². The van der Waals surface area contributed by atoms with Gasteiger partial charge in [0, 0.05) is 10.5 Å². The summed E-state index contributed by atoms with van der Waals surface area (Å²) in [6.07, 6.45) is 0.942. The summed E-state index contributed by atoms with van der Waals surface area (Å²) in [5.74, 6) is 5.30. The maximum absolute atomic E-state index is 5.30. The van der Waals surface area contributed by atoms with E-state index in [1.165, 1.54) is 5.56 Å². The summed E-state index contributed by atoms with van der Waals surface area (Å²) in [5, 5.41) is 0. The Balaban J connectivity index is 2.69. The van der Waals surface area contributed by atoms with Gasteiger partial charge in [0.1, 0.15) is 0 Å². The molecule has 2 nitrogen and oxygen atoms in total. The first kappa shape index (κ1) is 9.71. The van der Waals surface area contributed by atoms with Crippen LogP contribution in [0.3, 0.4) is 0 Å². The zero-order valence-corrected chi connectivity index (χ0v) is 8.64. The molecule has 1 aromatic carbocycles. The first-order chi connectivity index (χ1) is 5.74. The van der Waals surface area contributed by atoms with Gasteiger partial charge in [-0.1, -0.05) is 34.1 Å². The summed E-state index contributed by atoms with van der Waals surface area (Å²) >= 11 is 3.49. The van der Waals surface area contributed by atoms with E-state index in [0.29, 0.717) is 6.04 Å². The van der Waals surface area contributed by atoms with Crippen molar-refractivity contribution in [2.24, 2.45) is 5.84 Å². The third-order valence-corrected chi connectivity index (χ3v) is 2.54. The molecule has 0 fully saturated rings. The van der Waals surface area contributed by atoms with Crippen molar-refractivity contribution in [2.75, 3.05) is 0 Å². The minimum absolute atomic E-state index is 0.309.